The number of amides is 1. The smallest absolute Gasteiger partial charge is 0.228 e. The molecule has 0 aromatic carbocycles. The van der Waals surface area contributed by atoms with E-state index in [2.05, 4.69) is 10.2 Å². The summed E-state index contributed by atoms with van der Waals surface area (Å²) < 4.78 is 0. The summed E-state index contributed by atoms with van der Waals surface area (Å²) in [6.45, 7) is 7.36. The van der Waals surface area contributed by atoms with Gasteiger partial charge in [-0.25, -0.2) is 0 Å². The quantitative estimate of drug-likeness (QED) is 0.779. The summed E-state index contributed by atoms with van der Waals surface area (Å²) in [5.74, 6) is 0.212. The highest BCUT2D eigenvalue weighted by Gasteiger charge is 2.31. The second kappa shape index (κ2) is 4.37. The van der Waals surface area contributed by atoms with Crippen molar-refractivity contribution in [2.45, 2.75) is 38.8 Å². The van der Waals surface area contributed by atoms with Crippen LogP contribution in [-0.2, 0) is 17.8 Å². The van der Waals surface area contributed by atoms with E-state index >= 15 is 0 Å². The van der Waals surface area contributed by atoms with E-state index in [0.29, 0.717) is 6.54 Å². The summed E-state index contributed by atoms with van der Waals surface area (Å²) in [4.78, 5) is 14.1. The number of H-pyrrole nitrogens is 1. The molecule has 4 nitrogen and oxygen atoms in total. The van der Waals surface area contributed by atoms with Gasteiger partial charge in [0.2, 0.25) is 5.91 Å². The largest absolute Gasteiger partial charge is 0.336 e. The average Bonchev–Trinajstić information content (AvgIpc) is 2.68. The maximum Gasteiger partial charge on any atom is 0.228 e. The molecule has 0 atom stereocenters. The summed E-state index contributed by atoms with van der Waals surface area (Å²) >= 11 is 1.66. The topological polar surface area (TPSA) is 49.0 Å². The fraction of sp³-hybridized carbons (Fsp3) is 0.667. The first-order valence-electron chi connectivity index (χ1n) is 5.83. The van der Waals surface area contributed by atoms with Gasteiger partial charge in [-0.15, -0.1) is 11.8 Å². The van der Waals surface area contributed by atoms with Crippen LogP contribution in [0.25, 0.3) is 0 Å². The summed E-state index contributed by atoms with van der Waals surface area (Å²) in [6, 6.07) is 0. The third-order valence-corrected chi connectivity index (χ3v) is 3.74. The summed E-state index contributed by atoms with van der Waals surface area (Å²) in [5, 5.41) is 8.39. The molecular formula is C12H19N3OS. The van der Waals surface area contributed by atoms with E-state index < -0.39 is 0 Å². The van der Waals surface area contributed by atoms with Crippen molar-refractivity contribution in [1.29, 1.82) is 0 Å². The van der Waals surface area contributed by atoms with E-state index in [1.54, 1.807) is 11.8 Å². The first-order valence-corrected chi connectivity index (χ1v) is 7.05. The first-order chi connectivity index (χ1) is 7.93. The molecule has 0 saturated heterocycles. The molecule has 0 radical (unpaired) electrons. The van der Waals surface area contributed by atoms with Crippen molar-refractivity contribution >= 4 is 17.7 Å². The number of aromatic amines is 1. The molecule has 1 aromatic heterocycles. The SMILES string of the molecule is CSc1n[nH]c2c1CCN(C(=O)C(C)(C)C)C2. The lowest BCUT2D eigenvalue weighted by molar-refractivity contribution is -0.140. The second-order valence-electron chi connectivity index (χ2n) is 5.42. The van der Waals surface area contributed by atoms with Gasteiger partial charge in [0.1, 0.15) is 5.03 Å². The molecule has 1 aromatic rings. The number of nitrogens with zero attached hydrogens (tertiary/aromatic N) is 2. The molecule has 2 rings (SSSR count). The molecule has 0 aliphatic carbocycles. The Morgan fingerprint density at radius 1 is 1.47 bits per heavy atom. The van der Waals surface area contributed by atoms with Crippen LogP contribution < -0.4 is 0 Å². The molecule has 1 aliphatic heterocycles. The molecule has 1 N–H and O–H groups in total. The van der Waals surface area contributed by atoms with Gasteiger partial charge in [-0.1, -0.05) is 20.8 Å². The Kier molecular flexibility index (Phi) is 3.21. The van der Waals surface area contributed by atoms with Gasteiger partial charge in [0, 0.05) is 17.5 Å². The highest BCUT2D eigenvalue weighted by Crippen LogP contribution is 2.28. The Balaban J connectivity index is 2.17. The van der Waals surface area contributed by atoms with Crippen LogP contribution in [0.3, 0.4) is 0 Å². The van der Waals surface area contributed by atoms with Crippen LogP contribution in [0.15, 0.2) is 5.03 Å². The van der Waals surface area contributed by atoms with Crippen molar-refractivity contribution in [3.05, 3.63) is 11.3 Å². The van der Waals surface area contributed by atoms with Crippen molar-refractivity contribution in [2.24, 2.45) is 5.41 Å². The average molecular weight is 253 g/mol. The van der Waals surface area contributed by atoms with Crippen molar-refractivity contribution in [3.63, 3.8) is 0 Å². The molecule has 0 fully saturated rings. The molecular weight excluding hydrogens is 234 g/mol. The molecule has 2 heterocycles. The van der Waals surface area contributed by atoms with Gasteiger partial charge >= 0.3 is 0 Å². The number of hydrogen-bond acceptors (Lipinski definition) is 3. The van der Waals surface area contributed by atoms with Gasteiger partial charge in [0.15, 0.2) is 0 Å². The number of nitrogens with one attached hydrogen (secondary N) is 1. The van der Waals surface area contributed by atoms with Crippen LogP contribution in [0.5, 0.6) is 0 Å². The Hall–Kier alpha value is -0.970. The van der Waals surface area contributed by atoms with E-state index in [1.165, 1.54) is 5.56 Å². The highest BCUT2D eigenvalue weighted by molar-refractivity contribution is 7.98. The number of aromatic nitrogens is 2. The van der Waals surface area contributed by atoms with Crippen LogP contribution in [0.4, 0.5) is 0 Å². The molecule has 94 valence electrons. The van der Waals surface area contributed by atoms with E-state index in [1.807, 2.05) is 31.9 Å². The number of rotatable bonds is 1. The van der Waals surface area contributed by atoms with Crippen LogP contribution in [-0.4, -0.2) is 33.8 Å². The minimum Gasteiger partial charge on any atom is -0.336 e. The zero-order valence-electron chi connectivity index (χ0n) is 10.8. The standard InChI is InChI=1S/C12H19N3OS/c1-12(2,3)11(16)15-6-5-8-9(7-15)13-14-10(8)17-4/h5-7H2,1-4H3,(H,13,14). The molecule has 1 amide bonds. The Bertz CT molecular complexity index is 433. The summed E-state index contributed by atoms with van der Waals surface area (Å²) in [7, 11) is 0. The number of carbonyl (C=O) groups is 1. The second-order valence-corrected chi connectivity index (χ2v) is 6.21. The van der Waals surface area contributed by atoms with Gasteiger partial charge in [-0.05, 0) is 12.7 Å². The molecule has 1 aliphatic rings. The van der Waals surface area contributed by atoms with Crippen LogP contribution >= 0.6 is 11.8 Å². The summed E-state index contributed by atoms with van der Waals surface area (Å²) in [6.07, 6.45) is 2.94. The van der Waals surface area contributed by atoms with E-state index in [0.717, 1.165) is 23.7 Å². The molecule has 5 heteroatoms. The van der Waals surface area contributed by atoms with Gasteiger partial charge in [-0.3, -0.25) is 9.89 Å². The van der Waals surface area contributed by atoms with Crippen molar-refractivity contribution < 1.29 is 4.79 Å². The molecule has 0 unspecified atom stereocenters. The first kappa shape index (κ1) is 12.5. The predicted molar refractivity (Wildman–Crippen MR) is 68.9 cm³/mol. The monoisotopic (exact) mass is 253 g/mol. The third-order valence-electron chi connectivity index (χ3n) is 3.02. The van der Waals surface area contributed by atoms with Gasteiger partial charge in [0.05, 0.1) is 12.2 Å². The zero-order valence-corrected chi connectivity index (χ0v) is 11.6. The number of thioether (sulfide) groups is 1. The van der Waals surface area contributed by atoms with Gasteiger partial charge in [0.25, 0.3) is 0 Å². The zero-order chi connectivity index (χ0) is 12.6. The highest BCUT2D eigenvalue weighted by atomic mass is 32.2. The maximum absolute atomic E-state index is 12.2. The molecule has 17 heavy (non-hydrogen) atoms. The Morgan fingerprint density at radius 3 is 2.76 bits per heavy atom. The predicted octanol–water partition coefficient (Wildman–Crippen LogP) is 2.06. The number of fused-ring (bicyclic) bond motifs is 1. The maximum atomic E-state index is 12.2. The fourth-order valence-electron chi connectivity index (χ4n) is 2.10. The Labute approximate surface area is 106 Å². The number of carbonyl (C=O) groups excluding carboxylic acids is 1. The van der Waals surface area contributed by atoms with Crippen LogP contribution in [0, 0.1) is 5.41 Å². The lowest BCUT2D eigenvalue weighted by atomic mass is 9.93. The minimum absolute atomic E-state index is 0.212. The van der Waals surface area contributed by atoms with Crippen molar-refractivity contribution in [2.75, 3.05) is 12.8 Å². The summed E-state index contributed by atoms with van der Waals surface area (Å²) in [5.41, 5.74) is 2.08. The normalized spacial score (nSPS) is 15.9. The molecule has 0 saturated carbocycles. The Morgan fingerprint density at radius 2 is 2.18 bits per heavy atom. The third kappa shape index (κ3) is 2.34. The van der Waals surface area contributed by atoms with Crippen molar-refractivity contribution in [1.82, 2.24) is 15.1 Å². The van der Waals surface area contributed by atoms with E-state index in [4.69, 9.17) is 0 Å². The van der Waals surface area contributed by atoms with Crippen LogP contribution in [0.1, 0.15) is 32.0 Å². The minimum atomic E-state index is -0.306. The number of hydrogen-bond donors (Lipinski definition) is 1. The lowest BCUT2D eigenvalue weighted by Gasteiger charge is -2.32. The molecule has 0 spiro atoms. The molecule has 0 bridgehead atoms. The lowest BCUT2D eigenvalue weighted by Crippen LogP contribution is -2.42. The van der Waals surface area contributed by atoms with Crippen molar-refractivity contribution in [3.8, 4) is 0 Å². The fourth-order valence-corrected chi connectivity index (χ4v) is 2.71. The van der Waals surface area contributed by atoms with E-state index in [-0.39, 0.29) is 11.3 Å². The van der Waals surface area contributed by atoms with Crippen LogP contribution in [0.2, 0.25) is 0 Å². The van der Waals surface area contributed by atoms with E-state index in [9.17, 15) is 4.79 Å². The van der Waals surface area contributed by atoms with Gasteiger partial charge < -0.3 is 4.90 Å². The van der Waals surface area contributed by atoms with Gasteiger partial charge in [-0.2, -0.15) is 5.10 Å².